The fourth-order valence-corrected chi connectivity index (χ4v) is 2.20. The van der Waals surface area contributed by atoms with E-state index in [-0.39, 0.29) is 12.4 Å². The van der Waals surface area contributed by atoms with E-state index < -0.39 is 0 Å². The highest BCUT2D eigenvalue weighted by Gasteiger charge is 2.30. The number of aromatic nitrogens is 2. The molecule has 0 spiro atoms. The molecule has 0 atom stereocenters. The van der Waals surface area contributed by atoms with E-state index in [2.05, 4.69) is 15.0 Å². The van der Waals surface area contributed by atoms with Crippen LogP contribution < -0.4 is 5.73 Å². The van der Waals surface area contributed by atoms with Gasteiger partial charge < -0.3 is 10.3 Å². The van der Waals surface area contributed by atoms with Gasteiger partial charge in [0, 0.05) is 12.6 Å². The van der Waals surface area contributed by atoms with Crippen molar-refractivity contribution in [3.63, 3.8) is 0 Å². The van der Waals surface area contributed by atoms with E-state index in [0.29, 0.717) is 24.3 Å². The summed E-state index contributed by atoms with van der Waals surface area (Å²) in [6, 6.07) is 7.15. The van der Waals surface area contributed by atoms with E-state index in [4.69, 9.17) is 10.3 Å². The summed E-state index contributed by atoms with van der Waals surface area (Å²) in [4.78, 5) is 6.52. The van der Waals surface area contributed by atoms with Crippen molar-refractivity contribution in [1.29, 1.82) is 0 Å². The quantitative estimate of drug-likeness (QED) is 0.871. The topological polar surface area (TPSA) is 68.2 Å². The van der Waals surface area contributed by atoms with Crippen molar-refractivity contribution in [3.8, 4) is 0 Å². The Balaban J connectivity index is 1.67. The van der Waals surface area contributed by atoms with Crippen LogP contribution in [-0.2, 0) is 19.6 Å². The molecule has 106 valence electrons. The molecule has 1 aliphatic rings. The van der Waals surface area contributed by atoms with Gasteiger partial charge in [-0.1, -0.05) is 17.3 Å². The van der Waals surface area contributed by atoms with E-state index in [1.165, 1.54) is 25.0 Å². The summed E-state index contributed by atoms with van der Waals surface area (Å²) in [6.07, 6.45) is 2.37. The maximum Gasteiger partial charge on any atom is 0.240 e. The van der Waals surface area contributed by atoms with Crippen molar-refractivity contribution >= 4 is 0 Å². The number of nitrogens with zero attached hydrogens (tertiary/aromatic N) is 3. The van der Waals surface area contributed by atoms with Crippen LogP contribution in [0.2, 0.25) is 0 Å². The Morgan fingerprint density at radius 3 is 2.60 bits per heavy atom. The maximum absolute atomic E-state index is 12.9. The second kappa shape index (κ2) is 5.68. The number of benzene rings is 1. The van der Waals surface area contributed by atoms with Crippen LogP contribution in [0.3, 0.4) is 0 Å². The molecule has 0 bridgehead atoms. The molecule has 1 aromatic heterocycles. The molecule has 3 rings (SSSR count). The molecule has 2 aromatic rings. The van der Waals surface area contributed by atoms with Crippen LogP contribution in [-0.4, -0.2) is 21.1 Å². The molecule has 6 heteroatoms. The van der Waals surface area contributed by atoms with Gasteiger partial charge in [-0.3, -0.25) is 4.90 Å². The minimum Gasteiger partial charge on any atom is -0.338 e. The molecule has 5 nitrogen and oxygen atoms in total. The lowest BCUT2D eigenvalue weighted by atomic mass is 10.2. The van der Waals surface area contributed by atoms with Crippen molar-refractivity contribution in [2.75, 3.05) is 0 Å². The summed E-state index contributed by atoms with van der Waals surface area (Å²) < 4.78 is 17.9. The van der Waals surface area contributed by atoms with Gasteiger partial charge in [-0.25, -0.2) is 4.39 Å². The van der Waals surface area contributed by atoms with E-state index in [1.54, 1.807) is 0 Å². The molecular weight excluding hydrogens is 259 g/mol. The van der Waals surface area contributed by atoms with Gasteiger partial charge in [0.1, 0.15) is 5.82 Å². The predicted molar refractivity (Wildman–Crippen MR) is 70.9 cm³/mol. The van der Waals surface area contributed by atoms with Crippen molar-refractivity contribution in [2.24, 2.45) is 5.73 Å². The van der Waals surface area contributed by atoms with E-state index in [1.807, 2.05) is 12.1 Å². The third kappa shape index (κ3) is 3.20. The van der Waals surface area contributed by atoms with Crippen LogP contribution >= 0.6 is 0 Å². The Kier molecular flexibility index (Phi) is 3.75. The maximum atomic E-state index is 12.9. The molecule has 0 saturated heterocycles. The lowest BCUT2D eigenvalue weighted by molar-refractivity contribution is 0.235. The third-order valence-corrected chi connectivity index (χ3v) is 3.39. The molecule has 1 heterocycles. The zero-order valence-corrected chi connectivity index (χ0v) is 11.1. The molecule has 0 unspecified atom stereocenters. The molecule has 1 fully saturated rings. The van der Waals surface area contributed by atoms with Crippen LogP contribution in [0.1, 0.15) is 30.1 Å². The van der Waals surface area contributed by atoms with E-state index >= 15 is 0 Å². The van der Waals surface area contributed by atoms with Gasteiger partial charge in [-0.2, -0.15) is 4.98 Å². The smallest absolute Gasteiger partial charge is 0.240 e. The summed E-state index contributed by atoms with van der Waals surface area (Å²) in [5.74, 6) is 0.898. The highest BCUT2D eigenvalue weighted by molar-refractivity contribution is 5.16. The van der Waals surface area contributed by atoms with Crippen molar-refractivity contribution in [1.82, 2.24) is 15.0 Å². The summed E-state index contributed by atoms with van der Waals surface area (Å²) in [6.45, 7) is 1.65. The molecule has 0 radical (unpaired) electrons. The minimum absolute atomic E-state index is 0.211. The molecule has 1 aliphatic carbocycles. The van der Waals surface area contributed by atoms with Gasteiger partial charge in [-0.05, 0) is 30.5 Å². The summed E-state index contributed by atoms with van der Waals surface area (Å²) in [7, 11) is 0. The molecule has 20 heavy (non-hydrogen) atoms. The van der Waals surface area contributed by atoms with Crippen LogP contribution in [0.25, 0.3) is 0 Å². The molecular formula is C14H17FN4O. The fourth-order valence-electron chi connectivity index (χ4n) is 2.20. The second-order valence-electron chi connectivity index (χ2n) is 5.07. The molecule has 2 N–H and O–H groups in total. The highest BCUT2D eigenvalue weighted by Crippen LogP contribution is 2.29. The summed E-state index contributed by atoms with van der Waals surface area (Å²) in [5, 5.41) is 3.92. The highest BCUT2D eigenvalue weighted by atomic mass is 19.1. The lowest BCUT2D eigenvalue weighted by Crippen LogP contribution is -2.25. The number of hydrogen-bond donors (Lipinski definition) is 1. The third-order valence-electron chi connectivity index (χ3n) is 3.39. The lowest BCUT2D eigenvalue weighted by Gasteiger charge is -2.20. The minimum atomic E-state index is -0.211. The van der Waals surface area contributed by atoms with Gasteiger partial charge in [0.25, 0.3) is 0 Å². The normalized spacial score (nSPS) is 14.9. The van der Waals surface area contributed by atoms with Crippen LogP contribution in [0.5, 0.6) is 0 Å². The van der Waals surface area contributed by atoms with Crippen LogP contribution in [0, 0.1) is 5.82 Å². The molecule has 1 aromatic carbocycles. The Labute approximate surface area is 116 Å². The molecule has 1 saturated carbocycles. The van der Waals surface area contributed by atoms with Crippen molar-refractivity contribution in [2.45, 2.75) is 38.5 Å². The first kappa shape index (κ1) is 13.2. The number of hydrogen-bond acceptors (Lipinski definition) is 5. The zero-order chi connectivity index (χ0) is 13.9. The Morgan fingerprint density at radius 1 is 1.25 bits per heavy atom. The van der Waals surface area contributed by atoms with Gasteiger partial charge in [-0.15, -0.1) is 0 Å². The fraction of sp³-hybridized carbons (Fsp3) is 0.429. The molecule has 0 aliphatic heterocycles. The van der Waals surface area contributed by atoms with Crippen LogP contribution in [0.4, 0.5) is 4.39 Å². The molecule has 0 amide bonds. The van der Waals surface area contributed by atoms with Gasteiger partial charge >= 0.3 is 0 Å². The van der Waals surface area contributed by atoms with Gasteiger partial charge in [0.2, 0.25) is 5.89 Å². The predicted octanol–water partition coefficient (Wildman–Crippen LogP) is 1.83. The van der Waals surface area contributed by atoms with Gasteiger partial charge in [0.05, 0.1) is 13.1 Å². The zero-order valence-electron chi connectivity index (χ0n) is 11.1. The SMILES string of the molecule is NCc1nc(CN(Cc2ccc(F)cc2)C2CC2)no1. The summed E-state index contributed by atoms with van der Waals surface area (Å²) >= 11 is 0. The van der Waals surface area contributed by atoms with Crippen LogP contribution in [0.15, 0.2) is 28.8 Å². The first-order valence-electron chi connectivity index (χ1n) is 6.74. The van der Waals surface area contributed by atoms with E-state index in [9.17, 15) is 4.39 Å². The number of rotatable bonds is 6. The first-order chi connectivity index (χ1) is 9.74. The Morgan fingerprint density at radius 2 is 2.00 bits per heavy atom. The number of halogens is 1. The second-order valence-corrected chi connectivity index (χ2v) is 5.07. The standard InChI is InChI=1S/C14H17FN4O/c15-11-3-1-10(2-4-11)8-19(12-5-6-12)9-13-17-14(7-16)20-18-13/h1-4,12H,5-9,16H2. The average molecular weight is 276 g/mol. The summed E-state index contributed by atoms with van der Waals surface area (Å²) in [5.41, 5.74) is 6.54. The van der Waals surface area contributed by atoms with Gasteiger partial charge in [0.15, 0.2) is 5.82 Å². The Bertz CT molecular complexity index is 565. The first-order valence-corrected chi connectivity index (χ1v) is 6.74. The van der Waals surface area contributed by atoms with Crippen molar-refractivity contribution in [3.05, 3.63) is 47.4 Å². The Hall–Kier alpha value is -1.79. The van der Waals surface area contributed by atoms with E-state index in [0.717, 1.165) is 12.1 Å². The number of nitrogens with two attached hydrogens (primary N) is 1. The largest absolute Gasteiger partial charge is 0.338 e. The average Bonchev–Trinajstić information content (AvgIpc) is 3.21. The van der Waals surface area contributed by atoms with Crippen molar-refractivity contribution < 1.29 is 8.91 Å². The monoisotopic (exact) mass is 276 g/mol.